The molecule has 0 fully saturated rings. The van der Waals surface area contributed by atoms with Crippen LogP contribution in [0.2, 0.25) is 0 Å². The lowest BCUT2D eigenvalue weighted by atomic mass is 10.5. The van der Waals surface area contributed by atoms with Crippen LogP contribution >= 0.6 is 0 Å². The normalized spacial score (nSPS) is 10.6. The van der Waals surface area contributed by atoms with Crippen molar-refractivity contribution in [1.82, 2.24) is 4.57 Å². The van der Waals surface area contributed by atoms with Gasteiger partial charge < -0.3 is 4.74 Å². The first-order valence-corrected chi connectivity index (χ1v) is 4.33. The molecule has 0 atom stereocenters. The highest BCUT2D eigenvalue weighted by Gasteiger charge is 2.09. The summed E-state index contributed by atoms with van der Waals surface area (Å²) in [7, 11) is 1.71. The smallest absolute Gasteiger partial charge is 0.255 e. The van der Waals surface area contributed by atoms with E-state index < -0.39 is 0 Å². The molecule has 3 nitrogen and oxygen atoms in total. The van der Waals surface area contributed by atoms with Gasteiger partial charge in [-0.2, -0.15) is 0 Å². The van der Waals surface area contributed by atoms with Gasteiger partial charge in [0, 0.05) is 14.0 Å². The molecule has 1 aromatic rings. The van der Waals surface area contributed by atoms with E-state index in [4.69, 9.17) is 4.74 Å². The van der Waals surface area contributed by atoms with Crippen LogP contribution in [0.5, 0.6) is 0 Å². The average molecular weight is 169 g/mol. The molecule has 3 heteroatoms. The molecule has 0 bridgehead atoms. The monoisotopic (exact) mass is 169 g/mol. The number of aryl methyl sites for hydroxylation is 1. The Morgan fingerprint density at radius 3 is 2.92 bits per heavy atom. The van der Waals surface area contributed by atoms with E-state index in [1.165, 1.54) is 12.2 Å². The molecule has 0 amide bonds. The van der Waals surface area contributed by atoms with Crippen molar-refractivity contribution in [2.45, 2.75) is 33.5 Å². The lowest BCUT2D eigenvalue weighted by molar-refractivity contribution is -0.736. The van der Waals surface area contributed by atoms with E-state index in [-0.39, 0.29) is 0 Å². The third-order valence-corrected chi connectivity index (χ3v) is 1.99. The van der Waals surface area contributed by atoms with Crippen LogP contribution in [-0.2, 0) is 18.0 Å². The largest absolute Gasteiger partial charge is 0.345 e. The minimum atomic E-state index is 0.641. The lowest BCUT2D eigenvalue weighted by Gasteiger charge is -1.97. The fourth-order valence-electron chi connectivity index (χ4n) is 1.29. The van der Waals surface area contributed by atoms with Crippen molar-refractivity contribution in [2.24, 2.45) is 0 Å². The summed E-state index contributed by atoms with van der Waals surface area (Å²) in [4.78, 5) is 0. The van der Waals surface area contributed by atoms with Gasteiger partial charge in [0.25, 0.3) is 5.82 Å². The Bertz CT molecular complexity index is 219. The maximum Gasteiger partial charge on any atom is 0.255 e. The highest BCUT2D eigenvalue weighted by molar-refractivity contribution is 4.78. The van der Waals surface area contributed by atoms with Crippen LogP contribution in [0.4, 0.5) is 0 Å². The SMILES string of the molecule is CCCn1cc[n+](COC)c1C. The van der Waals surface area contributed by atoms with Crippen LogP contribution in [0.1, 0.15) is 19.2 Å². The molecule has 1 aromatic heterocycles. The highest BCUT2D eigenvalue weighted by Crippen LogP contribution is 1.95. The summed E-state index contributed by atoms with van der Waals surface area (Å²) in [6.45, 7) is 6.01. The van der Waals surface area contributed by atoms with Gasteiger partial charge in [-0.15, -0.1) is 0 Å². The topological polar surface area (TPSA) is 18.0 Å². The number of aromatic nitrogens is 2. The summed E-state index contributed by atoms with van der Waals surface area (Å²) in [5.74, 6) is 1.25. The van der Waals surface area contributed by atoms with Crippen molar-refractivity contribution in [3.05, 3.63) is 18.2 Å². The van der Waals surface area contributed by atoms with E-state index in [9.17, 15) is 0 Å². The number of rotatable bonds is 4. The van der Waals surface area contributed by atoms with Gasteiger partial charge in [0.1, 0.15) is 12.4 Å². The van der Waals surface area contributed by atoms with E-state index in [1.54, 1.807) is 7.11 Å². The van der Waals surface area contributed by atoms with Crippen LogP contribution in [-0.4, -0.2) is 11.7 Å². The zero-order chi connectivity index (χ0) is 8.97. The molecule has 0 aliphatic carbocycles. The molecule has 68 valence electrons. The van der Waals surface area contributed by atoms with Crippen molar-refractivity contribution in [3.8, 4) is 0 Å². The predicted octanol–water partition coefficient (Wildman–Crippen LogP) is 1.10. The summed E-state index contributed by atoms with van der Waals surface area (Å²) >= 11 is 0. The van der Waals surface area contributed by atoms with Crippen molar-refractivity contribution < 1.29 is 9.30 Å². The molecular weight excluding hydrogens is 152 g/mol. The Morgan fingerprint density at radius 1 is 1.58 bits per heavy atom. The van der Waals surface area contributed by atoms with Crippen LogP contribution < -0.4 is 4.57 Å². The fraction of sp³-hybridized carbons (Fsp3) is 0.667. The number of imidazole rings is 1. The minimum Gasteiger partial charge on any atom is -0.345 e. The van der Waals surface area contributed by atoms with Crippen molar-refractivity contribution >= 4 is 0 Å². The van der Waals surface area contributed by atoms with E-state index in [2.05, 4.69) is 35.4 Å². The zero-order valence-electron chi connectivity index (χ0n) is 8.08. The predicted molar refractivity (Wildman–Crippen MR) is 46.7 cm³/mol. The van der Waals surface area contributed by atoms with E-state index >= 15 is 0 Å². The Kier molecular flexibility index (Phi) is 3.29. The molecule has 1 heterocycles. The van der Waals surface area contributed by atoms with E-state index in [0.717, 1.165) is 6.54 Å². The molecule has 0 saturated heterocycles. The second-order valence-electron chi connectivity index (χ2n) is 2.93. The first-order chi connectivity index (χ1) is 5.79. The van der Waals surface area contributed by atoms with Gasteiger partial charge in [0.05, 0.1) is 6.54 Å². The van der Waals surface area contributed by atoms with Crippen LogP contribution in [0, 0.1) is 6.92 Å². The van der Waals surface area contributed by atoms with Gasteiger partial charge in [0.15, 0.2) is 6.73 Å². The Morgan fingerprint density at radius 2 is 2.33 bits per heavy atom. The molecule has 0 aliphatic rings. The molecule has 0 spiro atoms. The van der Waals surface area contributed by atoms with Crippen molar-refractivity contribution in [2.75, 3.05) is 7.11 Å². The first kappa shape index (κ1) is 9.26. The van der Waals surface area contributed by atoms with Gasteiger partial charge in [-0.1, -0.05) is 6.92 Å². The van der Waals surface area contributed by atoms with Gasteiger partial charge in [0.2, 0.25) is 0 Å². The van der Waals surface area contributed by atoms with Gasteiger partial charge >= 0.3 is 0 Å². The molecule has 1 rings (SSSR count). The number of hydrogen-bond donors (Lipinski definition) is 0. The van der Waals surface area contributed by atoms with Crippen molar-refractivity contribution in [3.63, 3.8) is 0 Å². The number of methoxy groups -OCH3 is 1. The van der Waals surface area contributed by atoms with Gasteiger partial charge in [-0.05, 0) is 6.42 Å². The van der Waals surface area contributed by atoms with Crippen molar-refractivity contribution in [1.29, 1.82) is 0 Å². The maximum absolute atomic E-state index is 5.05. The summed E-state index contributed by atoms with van der Waals surface area (Å²) < 4.78 is 9.38. The van der Waals surface area contributed by atoms with E-state index in [0.29, 0.717) is 6.73 Å². The first-order valence-electron chi connectivity index (χ1n) is 4.33. The molecule has 0 saturated carbocycles. The molecular formula is C9H17N2O+. The summed E-state index contributed by atoms with van der Waals surface area (Å²) in [6.07, 6.45) is 5.31. The van der Waals surface area contributed by atoms with Crippen LogP contribution in [0.25, 0.3) is 0 Å². The second-order valence-corrected chi connectivity index (χ2v) is 2.93. The molecule has 0 unspecified atom stereocenters. The quantitative estimate of drug-likeness (QED) is 0.617. The molecule has 12 heavy (non-hydrogen) atoms. The summed E-state index contributed by atoms with van der Waals surface area (Å²) in [5.41, 5.74) is 0. The molecule has 0 radical (unpaired) electrons. The number of ether oxygens (including phenoxy) is 1. The number of hydrogen-bond acceptors (Lipinski definition) is 1. The second kappa shape index (κ2) is 4.26. The van der Waals surface area contributed by atoms with E-state index in [1.807, 2.05) is 0 Å². The molecule has 0 aromatic carbocycles. The van der Waals surface area contributed by atoms with Crippen LogP contribution in [0.3, 0.4) is 0 Å². The highest BCUT2D eigenvalue weighted by atomic mass is 16.5. The molecule has 0 N–H and O–H groups in total. The van der Waals surface area contributed by atoms with Crippen LogP contribution in [0.15, 0.2) is 12.4 Å². The Hall–Kier alpha value is -0.830. The Balaban J connectivity index is 2.74. The summed E-state index contributed by atoms with van der Waals surface area (Å²) in [6, 6.07) is 0. The van der Waals surface area contributed by atoms with Gasteiger partial charge in [-0.3, -0.25) is 0 Å². The fourth-order valence-corrected chi connectivity index (χ4v) is 1.29. The average Bonchev–Trinajstić information content (AvgIpc) is 2.38. The maximum atomic E-state index is 5.05. The minimum absolute atomic E-state index is 0.641. The standard InChI is InChI=1S/C9H17N2O/c1-4-5-10-6-7-11(8-12-3)9(10)2/h6-7H,4-5,8H2,1-3H3/q+1. The Labute approximate surface area is 73.6 Å². The third-order valence-electron chi connectivity index (χ3n) is 1.99. The zero-order valence-corrected chi connectivity index (χ0v) is 8.08. The summed E-state index contributed by atoms with van der Waals surface area (Å²) in [5, 5.41) is 0. The lowest BCUT2D eigenvalue weighted by Crippen LogP contribution is -2.36. The third kappa shape index (κ3) is 1.85. The number of nitrogens with zero attached hydrogens (tertiary/aromatic N) is 2. The van der Waals surface area contributed by atoms with Gasteiger partial charge in [-0.25, -0.2) is 9.13 Å². The molecule has 0 aliphatic heterocycles.